The quantitative estimate of drug-likeness (QED) is 0.0491. The number of anilines is 1. The molecule has 0 bridgehead atoms. The Morgan fingerprint density at radius 1 is 1.04 bits per heavy atom. The summed E-state index contributed by atoms with van der Waals surface area (Å²) in [5.74, 6) is -1.39. The zero-order valence-electron chi connectivity index (χ0n) is 29.7. The van der Waals surface area contributed by atoms with Crippen molar-refractivity contribution in [3.63, 3.8) is 0 Å². The van der Waals surface area contributed by atoms with E-state index >= 15 is 0 Å². The molecular formula is C28H36N7O18P3S-4. The Hall–Kier alpha value is -3.42. The number of imidazole rings is 1. The van der Waals surface area contributed by atoms with E-state index in [1.807, 2.05) is 0 Å². The van der Waals surface area contributed by atoms with Crippen LogP contribution in [0, 0.1) is 5.41 Å². The molecule has 1 saturated heterocycles. The summed E-state index contributed by atoms with van der Waals surface area (Å²) in [7, 11) is -17.6. The van der Waals surface area contributed by atoms with E-state index in [4.69, 9.17) is 10.5 Å². The summed E-state index contributed by atoms with van der Waals surface area (Å²) in [6.45, 7) is -0.0683. The first-order valence-corrected chi connectivity index (χ1v) is 21.6. The van der Waals surface area contributed by atoms with Crippen LogP contribution in [0.4, 0.5) is 5.82 Å². The van der Waals surface area contributed by atoms with Gasteiger partial charge >= 0.3 is 0 Å². The molecule has 4 rings (SSSR count). The van der Waals surface area contributed by atoms with Crippen LogP contribution in [-0.4, -0.2) is 108 Å². The fourth-order valence-electron chi connectivity index (χ4n) is 4.93. The van der Waals surface area contributed by atoms with Crippen molar-refractivity contribution in [3.8, 4) is 5.75 Å². The predicted molar refractivity (Wildman–Crippen MR) is 186 cm³/mol. The van der Waals surface area contributed by atoms with E-state index in [9.17, 15) is 63.0 Å². The predicted octanol–water partition coefficient (Wildman–Crippen LogP) is -2.84. The lowest BCUT2D eigenvalue weighted by Gasteiger charge is -2.36. The summed E-state index contributed by atoms with van der Waals surface area (Å²) < 4.78 is 60.5. The van der Waals surface area contributed by atoms with Gasteiger partial charge in [0.2, 0.25) is 16.9 Å². The topological polar surface area (TPSA) is 395 Å². The molecule has 7 N–H and O–H groups in total. The lowest BCUT2D eigenvalue weighted by molar-refractivity contribution is -0.347. The standard InChI is InChI=1S/C28H40N7O18P3S/c1-28(2,22(39)25(40)31-8-7-18(37)30-9-10-57-27(41)15-3-5-16(36)6-4-15)12-50-56(47,48)53-55(45,46)49-11-17-21(52-54(42,43)44)20(38)26(51-17)35-14-34-19-23(29)32-13-33-24(19)35/h3-6,13-14,17,20-22,26,36,38-39H,7-12H2,1-2H3,(H,30,37)(H,31,40)(H,45,46)(H,47,48)(H2,29,32,33)(H2,42,43,44)/p-4/t17-,20-,21-,22+,26-/m1/s1. The third kappa shape index (κ3) is 13.3. The van der Waals surface area contributed by atoms with Crippen LogP contribution >= 0.6 is 35.2 Å². The number of phenolic OH excluding ortho intramolecular Hbond substituents is 1. The number of carbonyl (C=O) groups is 3. The smallest absolute Gasteiger partial charge is 0.274 e. The van der Waals surface area contributed by atoms with Crippen molar-refractivity contribution < 1.29 is 85.6 Å². The largest absolute Gasteiger partial charge is 0.790 e. The lowest BCUT2D eigenvalue weighted by atomic mass is 9.87. The van der Waals surface area contributed by atoms with Crippen molar-refractivity contribution in [2.45, 2.75) is 50.9 Å². The minimum Gasteiger partial charge on any atom is -0.790 e. The van der Waals surface area contributed by atoms with Gasteiger partial charge in [0.25, 0.3) is 15.6 Å². The third-order valence-electron chi connectivity index (χ3n) is 7.81. The second kappa shape index (κ2) is 19.1. The summed E-state index contributed by atoms with van der Waals surface area (Å²) in [4.78, 5) is 96.2. The number of aromatic hydroxyl groups is 1. The summed E-state index contributed by atoms with van der Waals surface area (Å²) >= 11 is 0.936. The van der Waals surface area contributed by atoms with Crippen molar-refractivity contribution in [2.75, 3.05) is 37.8 Å². The van der Waals surface area contributed by atoms with E-state index in [1.165, 1.54) is 38.1 Å². The van der Waals surface area contributed by atoms with Gasteiger partial charge in [-0.15, -0.1) is 0 Å². The summed E-state index contributed by atoms with van der Waals surface area (Å²) in [5.41, 5.74) is 4.40. The number of hydrogen-bond donors (Lipinski definition) is 6. The molecule has 0 radical (unpaired) electrons. The van der Waals surface area contributed by atoms with E-state index in [1.54, 1.807) is 0 Å². The molecule has 0 aliphatic carbocycles. The van der Waals surface area contributed by atoms with Gasteiger partial charge < -0.3 is 74.1 Å². The van der Waals surface area contributed by atoms with Gasteiger partial charge in [-0.3, -0.25) is 28.1 Å². The summed E-state index contributed by atoms with van der Waals surface area (Å²) in [5, 5.41) is 35.2. The Kier molecular flexibility index (Phi) is 15.5. The van der Waals surface area contributed by atoms with Crippen LogP contribution in [0.2, 0.25) is 0 Å². The van der Waals surface area contributed by atoms with Gasteiger partial charge in [-0.25, -0.2) is 19.3 Å². The zero-order valence-corrected chi connectivity index (χ0v) is 33.2. The fourth-order valence-corrected chi connectivity index (χ4v) is 8.36. The normalized spacial score (nSPS) is 21.4. The number of nitrogen functional groups attached to an aromatic ring is 1. The Bertz CT molecular complexity index is 2050. The van der Waals surface area contributed by atoms with Crippen molar-refractivity contribution in [3.05, 3.63) is 42.5 Å². The molecule has 2 aromatic heterocycles. The van der Waals surface area contributed by atoms with Crippen LogP contribution in [0.15, 0.2) is 36.9 Å². The van der Waals surface area contributed by atoms with E-state index in [0.717, 1.165) is 29.0 Å². The molecule has 2 unspecified atom stereocenters. The van der Waals surface area contributed by atoms with E-state index in [-0.39, 0.29) is 53.1 Å². The van der Waals surface area contributed by atoms with Gasteiger partial charge in [0, 0.05) is 36.2 Å². The van der Waals surface area contributed by atoms with Crippen molar-refractivity contribution in [1.82, 2.24) is 30.2 Å². The molecule has 2 amide bonds. The first kappa shape index (κ1) is 46.3. The highest BCUT2D eigenvalue weighted by atomic mass is 32.2. The SMILES string of the molecule is CC(C)(COP(=O)([O-])OP(=O)([O-])OC[C@H]1O[C@@H](n2cnc3c(N)ncnc32)[C@H](O)[C@@H]1OP(=O)([O-])[O-])[C@@H](O)C(=O)NCCC(=O)NCCSC(=O)c1ccc(O)cc1. The molecule has 1 aliphatic heterocycles. The maximum absolute atomic E-state index is 12.5. The number of nitrogens with zero attached hydrogens (tertiary/aromatic N) is 4. The monoisotopic (exact) mass is 883 g/mol. The first-order chi connectivity index (χ1) is 26.5. The highest BCUT2D eigenvalue weighted by molar-refractivity contribution is 8.14. The molecule has 1 fully saturated rings. The highest BCUT2D eigenvalue weighted by Crippen LogP contribution is 2.56. The number of phosphoric ester groups is 3. The molecule has 0 saturated carbocycles. The molecule has 57 heavy (non-hydrogen) atoms. The van der Waals surface area contributed by atoms with E-state index < -0.39 is 84.6 Å². The Balaban J connectivity index is 1.23. The van der Waals surface area contributed by atoms with Gasteiger partial charge in [0.05, 0.1) is 27.4 Å². The average Bonchev–Trinajstić information content (AvgIpc) is 3.68. The Morgan fingerprint density at radius 3 is 2.37 bits per heavy atom. The van der Waals surface area contributed by atoms with Crippen LogP contribution in [0.3, 0.4) is 0 Å². The number of thioether (sulfide) groups is 1. The number of hydrogen-bond acceptors (Lipinski definition) is 23. The van der Waals surface area contributed by atoms with Crippen LogP contribution in [0.1, 0.15) is 36.9 Å². The molecule has 3 aromatic rings. The molecule has 7 atom stereocenters. The number of nitrogens with one attached hydrogen (secondary N) is 2. The number of phenols is 1. The van der Waals surface area contributed by atoms with Crippen molar-refractivity contribution in [2.24, 2.45) is 5.41 Å². The minimum absolute atomic E-state index is 0.00477. The van der Waals surface area contributed by atoms with Crippen LogP contribution in [0.5, 0.6) is 5.75 Å². The number of rotatable bonds is 20. The number of nitrogens with two attached hydrogens (primary N) is 1. The molecule has 1 aliphatic rings. The number of aliphatic hydroxyl groups excluding tert-OH is 2. The molecule has 25 nitrogen and oxygen atoms in total. The number of phosphoric acid groups is 3. The second-order valence-corrected chi connectivity index (χ2v) is 17.8. The van der Waals surface area contributed by atoms with Crippen LogP contribution < -0.4 is 35.9 Å². The third-order valence-corrected chi connectivity index (χ3v) is 11.7. The number of aromatic nitrogens is 4. The first-order valence-electron chi connectivity index (χ1n) is 16.3. The number of ether oxygens (including phenoxy) is 1. The molecule has 316 valence electrons. The molecule has 29 heteroatoms. The van der Waals surface area contributed by atoms with E-state index in [0.29, 0.717) is 5.56 Å². The van der Waals surface area contributed by atoms with Gasteiger partial charge in [-0.05, 0) is 24.3 Å². The van der Waals surface area contributed by atoms with Crippen molar-refractivity contribution in [1.29, 1.82) is 0 Å². The van der Waals surface area contributed by atoms with Gasteiger partial charge in [-0.2, -0.15) is 0 Å². The van der Waals surface area contributed by atoms with Gasteiger partial charge in [0.1, 0.15) is 42.0 Å². The zero-order chi connectivity index (χ0) is 42.3. The minimum atomic E-state index is -5.93. The summed E-state index contributed by atoms with van der Waals surface area (Å²) in [6.07, 6.45) is -7.69. The van der Waals surface area contributed by atoms with Crippen LogP contribution in [0.25, 0.3) is 11.2 Å². The maximum atomic E-state index is 12.5. The second-order valence-electron chi connectivity index (χ2n) is 12.7. The van der Waals surface area contributed by atoms with E-state index in [2.05, 4.69) is 43.5 Å². The lowest BCUT2D eigenvalue weighted by Crippen LogP contribution is -2.46. The number of benzene rings is 1. The number of amides is 2. The van der Waals surface area contributed by atoms with Crippen LogP contribution in [-0.2, 0) is 45.9 Å². The number of carbonyl (C=O) groups excluding carboxylic acids is 3. The fraction of sp³-hybridized carbons (Fsp3) is 0.500. The number of aliphatic hydroxyl groups is 2. The van der Waals surface area contributed by atoms with Crippen molar-refractivity contribution >= 4 is 69.1 Å². The maximum Gasteiger partial charge on any atom is 0.274 e. The number of fused-ring (bicyclic) bond motifs is 1. The molecule has 3 heterocycles. The highest BCUT2D eigenvalue weighted by Gasteiger charge is 2.47. The Labute approximate surface area is 326 Å². The van der Waals surface area contributed by atoms with Gasteiger partial charge in [-0.1, -0.05) is 25.6 Å². The van der Waals surface area contributed by atoms with Gasteiger partial charge in [0.15, 0.2) is 17.7 Å². The Morgan fingerprint density at radius 2 is 1.70 bits per heavy atom. The average molecular weight is 884 g/mol. The molecule has 0 spiro atoms. The molecular weight excluding hydrogens is 847 g/mol. The molecule has 1 aromatic carbocycles. The summed E-state index contributed by atoms with van der Waals surface area (Å²) in [6, 6.07) is 5.62.